The van der Waals surface area contributed by atoms with Crippen LogP contribution in [0.15, 0.2) is 11.6 Å². The van der Waals surface area contributed by atoms with Gasteiger partial charge in [0.1, 0.15) is 6.10 Å². The average molecular weight is 224 g/mol. The Bertz CT molecular complexity index is 316. The van der Waals surface area contributed by atoms with Gasteiger partial charge in [-0.1, -0.05) is 0 Å². The number of phosphoric acid groups is 1. The minimum atomic E-state index is -4.82. The van der Waals surface area contributed by atoms with Crippen LogP contribution in [0.25, 0.3) is 0 Å². The minimum Gasteiger partial charge on any atom is -0.392 e. The van der Waals surface area contributed by atoms with Crippen molar-refractivity contribution in [2.24, 2.45) is 0 Å². The van der Waals surface area contributed by atoms with Crippen LogP contribution in [0.1, 0.15) is 0 Å². The summed E-state index contributed by atoms with van der Waals surface area (Å²) in [5, 5.41) is 17.8. The van der Waals surface area contributed by atoms with Crippen LogP contribution in [-0.4, -0.2) is 44.6 Å². The number of hydrogen-bond acceptors (Lipinski definition) is 5. The fourth-order valence-electron chi connectivity index (χ4n) is 1.10. The van der Waals surface area contributed by atoms with Crippen molar-refractivity contribution in [2.45, 2.75) is 12.2 Å². The summed E-state index contributed by atoms with van der Waals surface area (Å²) in [5.74, 6) is -0.816. The lowest BCUT2D eigenvalue weighted by Gasteiger charge is -2.14. The minimum absolute atomic E-state index is 0.115. The Labute approximate surface area is 78.9 Å². The van der Waals surface area contributed by atoms with E-state index in [0.717, 1.165) is 6.08 Å². The molecule has 8 heteroatoms. The molecular formula is C6H9O7P. The van der Waals surface area contributed by atoms with Crippen LogP contribution >= 0.6 is 7.82 Å². The highest BCUT2D eigenvalue weighted by Gasteiger charge is 2.39. The first-order valence-electron chi connectivity index (χ1n) is 3.63. The number of aliphatic hydroxyl groups is 2. The molecule has 1 aliphatic rings. The quantitative estimate of drug-likeness (QED) is 0.422. The maximum absolute atomic E-state index is 11.2. The predicted molar refractivity (Wildman–Crippen MR) is 43.1 cm³/mol. The molecule has 0 saturated heterocycles. The molecule has 0 amide bonds. The van der Waals surface area contributed by atoms with Gasteiger partial charge in [-0.2, -0.15) is 0 Å². The molecule has 1 aliphatic carbocycles. The van der Waals surface area contributed by atoms with E-state index in [0.29, 0.717) is 0 Å². The van der Waals surface area contributed by atoms with Crippen LogP contribution in [0.3, 0.4) is 0 Å². The molecule has 0 aromatic heterocycles. The van der Waals surface area contributed by atoms with E-state index in [2.05, 4.69) is 4.52 Å². The summed E-state index contributed by atoms with van der Waals surface area (Å²) in [6.07, 6.45) is -2.06. The maximum Gasteiger partial charge on any atom is 0.470 e. The van der Waals surface area contributed by atoms with E-state index >= 15 is 0 Å². The van der Waals surface area contributed by atoms with Gasteiger partial charge >= 0.3 is 7.82 Å². The monoisotopic (exact) mass is 224 g/mol. The zero-order chi connectivity index (χ0) is 10.9. The van der Waals surface area contributed by atoms with E-state index in [1.165, 1.54) is 0 Å². The zero-order valence-corrected chi connectivity index (χ0v) is 7.79. The molecule has 0 fully saturated rings. The van der Waals surface area contributed by atoms with Gasteiger partial charge in [-0.25, -0.2) is 4.57 Å². The van der Waals surface area contributed by atoms with Crippen molar-refractivity contribution >= 4 is 13.6 Å². The summed E-state index contributed by atoms with van der Waals surface area (Å²) in [6, 6.07) is 0. The van der Waals surface area contributed by atoms with E-state index in [1.54, 1.807) is 0 Å². The van der Waals surface area contributed by atoms with Crippen molar-refractivity contribution in [2.75, 3.05) is 6.61 Å². The van der Waals surface area contributed by atoms with Gasteiger partial charge in [0.25, 0.3) is 0 Å². The number of carbonyl (C=O) groups excluding carboxylic acids is 1. The molecule has 7 nitrogen and oxygen atoms in total. The van der Waals surface area contributed by atoms with Crippen LogP contribution in [0.2, 0.25) is 0 Å². The second kappa shape index (κ2) is 3.90. The molecule has 2 unspecified atom stereocenters. The van der Waals surface area contributed by atoms with Crippen molar-refractivity contribution in [3.05, 3.63) is 11.6 Å². The van der Waals surface area contributed by atoms with Crippen molar-refractivity contribution in [3.8, 4) is 0 Å². The molecule has 0 spiro atoms. The van der Waals surface area contributed by atoms with Crippen molar-refractivity contribution in [1.29, 1.82) is 0 Å². The van der Waals surface area contributed by atoms with Crippen LogP contribution in [-0.2, 0) is 13.9 Å². The lowest BCUT2D eigenvalue weighted by Crippen LogP contribution is -2.29. The highest BCUT2D eigenvalue weighted by atomic mass is 31.2. The molecule has 0 aromatic rings. The van der Waals surface area contributed by atoms with Gasteiger partial charge in [-0.3, -0.25) is 9.32 Å². The average Bonchev–Trinajstić information content (AvgIpc) is 2.29. The molecule has 0 heterocycles. The van der Waals surface area contributed by atoms with E-state index < -0.39 is 32.4 Å². The maximum atomic E-state index is 11.2. The van der Waals surface area contributed by atoms with Gasteiger partial charge in [0, 0.05) is 5.57 Å². The fourth-order valence-corrected chi connectivity index (χ4v) is 1.62. The van der Waals surface area contributed by atoms with Crippen molar-refractivity contribution < 1.29 is 33.9 Å². The molecule has 4 N–H and O–H groups in total. The fraction of sp³-hybridized carbons (Fsp3) is 0.500. The molecule has 2 atom stereocenters. The standard InChI is InChI=1S/C6H9O7P/c7-2-3-1-4(8)6(5(3)9)13-14(10,11)12/h1,4,6-8H,2H2,(H2,10,11,12). The van der Waals surface area contributed by atoms with Gasteiger partial charge in [0.15, 0.2) is 11.9 Å². The molecular weight excluding hydrogens is 215 g/mol. The molecule has 0 bridgehead atoms. The summed E-state index contributed by atoms with van der Waals surface area (Å²) < 4.78 is 14.5. The van der Waals surface area contributed by atoms with Gasteiger partial charge in [-0.05, 0) is 6.08 Å². The SMILES string of the molecule is O=C1C(CO)=CC(O)C1OP(=O)(O)O. The van der Waals surface area contributed by atoms with Crippen molar-refractivity contribution in [3.63, 3.8) is 0 Å². The Hall–Kier alpha value is -0.560. The third-order valence-corrected chi connectivity index (χ3v) is 2.18. The predicted octanol–water partition coefficient (Wildman–Crippen LogP) is -1.67. The molecule has 1 rings (SSSR count). The first-order chi connectivity index (χ1) is 6.35. The highest BCUT2D eigenvalue weighted by molar-refractivity contribution is 7.46. The third kappa shape index (κ3) is 2.48. The third-order valence-electron chi connectivity index (χ3n) is 1.68. The number of hydrogen-bond donors (Lipinski definition) is 4. The van der Waals surface area contributed by atoms with E-state index in [1.807, 2.05) is 0 Å². The first kappa shape index (κ1) is 11.5. The first-order valence-corrected chi connectivity index (χ1v) is 5.16. The van der Waals surface area contributed by atoms with Crippen LogP contribution in [0, 0.1) is 0 Å². The number of Topliss-reactive ketones (excluding diaryl/α,β-unsaturated/α-hetero) is 1. The topological polar surface area (TPSA) is 124 Å². The summed E-state index contributed by atoms with van der Waals surface area (Å²) >= 11 is 0. The van der Waals surface area contributed by atoms with Crippen LogP contribution in [0.5, 0.6) is 0 Å². The molecule has 0 aliphatic heterocycles. The largest absolute Gasteiger partial charge is 0.470 e. The lowest BCUT2D eigenvalue weighted by molar-refractivity contribution is -0.125. The Morgan fingerprint density at radius 3 is 2.43 bits per heavy atom. The van der Waals surface area contributed by atoms with Gasteiger partial charge in [0.2, 0.25) is 0 Å². The van der Waals surface area contributed by atoms with Crippen molar-refractivity contribution in [1.82, 2.24) is 0 Å². The van der Waals surface area contributed by atoms with Gasteiger partial charge in [-0.15, -0.1) is 0 Å². The molecule has 80 valence electrons. The zero-order valence-electron chi connectivity index (χ0n) is 6.90. The summed E-state index contributed by atoms with van der Waals surface area (Å²) in [7, 11) is -4.82. The van der Waals surface area contributed by atoms with Gasteiger partial charge < -0.3 is 20.0 Å². The normalized spacial score (nSPS) is 28.0. The number of phosphoric ester groups is 1. The summed E-state index contributed by atoms with van der Waals surface area (Å²) in [5.41, 5.74) is -0.115. The Balaban J connectivity index is 2.76. The number of carbonyl (C=O) groups is 1. The number of aliphatic hydroxyl groups excluding tert-OH is 2. The molecule has 0 aromatic carbocycles. The number of rotatable bonds is 3. The molecule has 14 heavy (non-hydrogen) atoms. The summed E-state index contributed by atoms with van der Waals surface area (Å²) in [6.45, 7) is -0.600. The lowest BCUT2D eigenvalue weighted by atomic mass is 10.2. The van der Waals surface area contributed by atoms with E-state index in [9.17, 15) is 9.36 Å². The second-order valence-electron chi connectivity index (χ2n) is 2.72. The molecule has 0 saturated carbocycles. The Morgan fingerprint density at radius 1 is 1.50 bits per heavy atom. The summed E-state index contributed by atoms with van der Waals surface area (Å²) in [4.78, 5) is 28.0. The Kier molecular flexibility index (Phi) is 3.20. The van der Waals surface area contributed by atoms with Crippen LogP contribution < -0.4 is 0 Å². The second-order valence-corrected chi connectivity index (χ2v) is 3.91. The van der Waals surface area contributed by atoms with E-state index in [-0.39, 0.29) is 5.57 Å². The van der Waals surface area contributed by atoms with E-state index in [4.69, 9.17) is 20.0 Å². The Morgan fingerprint density at radius 2 is 2.07 bits per heavy atom. The smallest absolute Gasteiger partial charge is 0.392 e. The van der Waals surface area contributed by atoms with Gasteiger partial charge in [0.05, 0.1) is 6.61 Å². The highest BCUT2D eigenvalue weighted by Crippen LogP contribution is 2.40. The van der Waals surface area contributed by atoms with Crippen LogP contribution in [0.4, 0.5) is 0 Å². The molecule has 0 radical (unpaired) electrons. The number of ketones is 1.